The number of nitrogens with one attached hydrogen (secondary N) is 1. The molecule has 0 bridgehead atoms. The van der Waals surface area contributed by atoms with E-state index in [9.17, 15) is 4.39 Å². The lowest BCUT2D eigenvalue weighted by Gasteiger charge is -2.14. The number of hydrogen-bond acceptors (Lipinski definition) is 2. The van der Waals surface area contributed by atoms with Gasteiger partial charge in [-0.15, -0.1) is 0 Å². The SMILES string of the molecule is CCC(CC)NCCOc1cc(F)cc(Br)c1. The third-order valence-electron chi connectivity index (χ3n) is 2.63. The Labute approximate surface area is 111 Å². The second-order valence-electron chi connectivity index (χ2n) is 3.92. The van der Waals surface area contributed by atoms with Gasteiger partial charge in [0.1, 0.15) is 18.2 Å². The Kier molecular flexibility index (Phi) is 6.52. The van der Waals surface area contributed by atoms with E-state index < -0.39 is 0 Å². The van der Waals surface area contributed by atoms with Gasteiger partial charge in [0.2, 0.25) is 0 Å². The van der Waals surface area contributed by atoms with Crippen molar-refractivity contribution >= 4 is 15.9 Å². The fraction of sp³-hybridized carbons (Fsp3) is 0.538. The number of rotatable bonds is 7. The number of benzene rings is 1. The van der Waals surface area contributed by atoms with Crippen LogP contribution in [0, 0.1) is 5.82 Å². The molecule has 0 aliphatic rings. The van der Waals surface area contributed by atoms with Gasteiger partial charge >= 0.3 is 0 Å². The van der Waals surface area contributed by atoms with Gasteiger partial charge in [0.15, 0.2) is 0 Å². The summed E-state index contributed by atoms with van der Waals surface area (Å²) in [6.45, 7) is 5.64. The maximum atomic E-state index is 13.0. The van der Waals surface area contributed by atoms with E-state index >= 15 is 0 Å². The average molecular weight is 304 g/mol. The van der Waals surface area contributed by atoms with Crippen molar-refractivity contribution in [2.24, 2.45) is 0 Å². The summed E-state index contributed by atoms with van der Waals surface area (Å²) < 4.78 is 19.2. The van der Waals surface area contributed by atoms with Crippen LogP contribution in [0.2, 0.25) is 0 Å². The van der Waals surface area contributed by atoms with Crippen LogP contribution < -0.4 is 10.1 Å². The van der Waals surface area contributed by atoms with Gasteiger partial charge in [0, 0.05) is 23.1 Å². The van der Waals surface area contributed by atoms with E-state index in [1.54, 1.807) is 6.07 Å². The van der Waals surface area contributed by atoms with Crippen molar-refractivity contribution in [3.63, 3.8) is 0 Å². The van der Waals surface area contributed by atoms with Gasteiger partial charge in [-0.25, -0.2) is 4.39 Å². The first-order valence-corrected chi connectivity index (χ1v) is 6.77. The summed E-state index contributed by atoms with van der Waals surface area (Å²) in [5.74, 6) is 0.269. The standard InChI is InChI=1S/C13H19BrFNO/c1-3-12(4-2)16-5-6-17-13-8-10(14)7-11(15)9-13/h7-9,12,16H,3-6H2,1-2H3. The monoisotopic (exact) mass is 303 g/mol. The first kappa shape index (κ1) is 14.5. The summed E-state index contributed by atoms with van der Waals surface area (Å²) in [6, 6.07) is 5.11. The predicted molar refractivity (Wildman–Crippen MR) is 72.0 cm³/mol. The molecule has 0 amide bonds. The van der Waals surface area contributed by atoms with Crippen LogP contribution in [0.15, 0.2) is 22.7 Å². The molecule has 0 spiro atoms. The van der Waals surface area contributed by atoms with E-state index in [0.29, 0.717) is 22.9 Å². The first-order valence-electron chi connectivity index (χ1n) is 5.98. The third-order valence-corrected chi connectivity index (χ3v) is 3.08. The highest BCUT2D eigenvalue weighted by molar-refractivity contribution is 9.10. The highest BCUT2D eigenvalue weighted by atomic mass is 79.9. The smallest absolute Gasteiger partial charge is 0.128 e. The number of hydrogen-bond donors (Lipinski definition) is 1. The van der Waals surface area contributed by atoms with Gasteiger partial charge in [-0.1, -0.05) is 29.8 Å². The van der Waals surface area contributed by atoms with E-state index in [1.807, 2.05) is 0 Å². The normalized spacial score (nSPS) is 10.9. The predicted octanol–water partition coefficient (Wildman–Crippen LogP) is 3.75. The van der Waals surface area contributed by atoms with Crippen LogP contribution in [0.5, 0.6) is 5.75 Å². The molecule has 1 aromatic carbocycles. The largest absolute Gasteiger partial charge is 0.492 e. The molecule has 1 aromatic rings. The van der Waals surface area contributed by atoms with Crippen LogP contribution >= 0.6 is 15.9 Å². The number of ether oxygens (including phenoxy) is 1. The van der Waals surface area contributed by atoms with E-state index in [0.717, 1.165) is 19.4 Å². The van der Waals surface area contributed by atoms with Crippen molar-refractivity contribution in [2.45, 2.75) is 32.7 Å². The van der Waals surface area contributed by atoms with Gasteiger partial charge in [-0.3, -0.25) is 0 Å². The van der Waals surface area contributed by atoms with Crippen molar-refractivity contribution in [3.8, 4) is 5.75 Å². The van der Waals surface area contributed by atoms with Gasteiger partial charge in [0.05, 0.1) is 0 Å². The van der Waals surface area contributed by atoms with E-state index in [-0.39, 0.29) is 5.82 Å². The van der Waals surface area contributed by atoms with Gasteiger partial charge in [-0.05, 0) is 25.0 Å². The quantitative estimate of drug-likeness (QED) is 0.775. The maximum absolute atomic E-state index is 13.0. The van der Waals surface area contributed by atoms with Crippen LogP contribution in [0.3, 0.4) is 0 Å². The molecule has 2 nitrogen and oxygen atoms in total. The second-order valence-corrected chi connectivity index (χ2v) is 4.84. The molecule has 0 saturated heterocycles. The Morgan fingerprint density at radius 3 is 2.59 bits per heavy atom. The van der Waals surface area contributed by atoms with Crippen molar-refractivity contribution in [1.82, 2.24) is 5.32 Å². The fourth-order valence-electron chi connectivity index (χ4n) is 1.62. The zero-order valence-electron chi connectivity index (χ0n) is 10.3. The summed E-state index contributed by atoms with van der Waals surface area (Å²) in [5, 5.41) is 3.39. The molecule has 96 valence electrons. The summed E-state index contributed by atoms with van der Waals surface area (Å²) in [7, 11) is 0. The Bertz CT molecular complexity index is 322. The molecule has 0 fully saturated rings. The Balaban J connectivity index is 2.31. The van der Waals surface area contributed by atoms with E-state index in [1.165, 1.54) is 12.1 Å². The molecule has 0 atom stereocenters. The van der Waals surface area contributed by atoms with Crippen LogP contribution in [0.25, 0.3) is 0 Å². The third kappa shape index (κ3) is 5.50. The van der Waals surface area contributed by atoms with Crippen molar-refractivity contribution in [1.29, 1.82) is 0 Å². The summed E-state index contributed by atoms with van der Waals surface area (Å²) in [4.78, 5) is 0. The van der Waals surface area contributed by atoms with Gasteiger partial charge in [0.25, 0.3) is 0 Å². The molecule has 0 unspecified atom stereocenters. The van der Waals surface area contributed by atoms with Crippen LogP contribution in [0.1, 0.15) is 26.7 Å². The second kappa shape index (κ2) is 7.67. The fourth-order valence-corrected chi connectivity index (χ4v) is 2.07. The lowest BCUT2D eigenvalue weighted by atomic mass is 10.2. The zero-order valence-corrected chi connectivity index (χ0v) is 11.9. The Morgan fingerprint density at radius 2 is 2.00 bits per heavy atom. The van der Waals surface area contributed by atoms with Crippen LogP contribution in [0.4, 0.5) is 4.39 Å². The molecule has 1 N–H and O–H groups in total. The van der Waals surface area contributed by atoms with E-state index in [4.69, 9.17) is 4.74 Å². The molecule has 0 saturated carbocycles. The van der Waals surface area contributed by atoms with Crippen LogP contribution in [-0.2, 0) is 0 Å². The lowest BCUT2D eigenvalue weighted by molar-refractivity contribution is 0.301. The highest BCUT2D eigenvalue weighted by Gasteiger charge is 2.02. The van der Waals surface area contributed by atoms with Crippen molar-refractivity contribution in [2.75, 3.05) is 13.2 Å². The molecular weight excluding hydrogens is 285 g/mol. The van der Waals surface area contributed by atoms with Crippen molar-refractivity contribution in [3.05, 3.63) is 28.5 Å². The number of halogens is 2. The summed E-state index contributed by atoms with van der Waals surface area (Å²) in [6.07, 6.45) is 2.23. The molecule has 17 heavy (non-hydrogen) atoms. The summed E-state index contributed by atoms with van der Waals surface area (Å²) in [5.41, 5.74) is 0. The highest BCUT2D eigenvalue weighted by Crippen LogP contribution is 2.20. The lowest BCUT2D eigenvalue weighted by Crippen LogP contribution is -2.31. The molecule has 0 radical (unpaired) electrons. The minimum Gasteiger partial charge on any atom is -0.492 e. The molecule has 0 aliphatic carbocycles. The topological polar surface area (TPSA) is 21.3 Å². The van der Waals surface area contributed by atoms with Gasteiger partial charge in [-0.2, -0.15) is 0 Å². The Morgan fingerprint density at radius 1 is 1.29 bits per heavy atom. The van der Waals surface area contributed by atoms with Gasteiger partial charge < -0.3 is 10.1 Å². The average Bonchev–Trinajstić information content (AvgIpc) is 2.28. The Hall–Kier alpha value is -0.610. The van der Waals surface area contributed by atoms with E-state index in [2.05, 4.69) is 35.1 Å². The molecule has 0 aliphatic heterocycles. The molecule has 4 heteroatoms. The molecule has 0 heterocycles. The maximum Gasteiger partial charge on any atom is 0.128 e. The minimum atomic E-state index is -0.290. The molecular formula is C13H19BrFNO. The molecule has 0 aromatic heterocycles. The first-order chi connectivity index (χ1) is 8.15. The molecule has 1 rings (SSSR count). The minimum absolute atomic E-state index is 0.290. The van der Waals surface area contributed by atoms with Crippen molar-refractivity contribution < 1.29 is 9.13 Å². The van der Waals surface area contributed by atoms with Crippen LogP contribution in [-0.4, -0.2) is 19.2 Å². The zero-order chi connectivity index (χ0) is 12.7. The summed E-state index contributed by atoms with van der Waals surface area (Å²) >= 11 is 3.23.